The lowest BCUT2D eigenvalue weighted by Crippen LogP contribution is -2.26. The van der Waals surface area contributed by atoms with Gasteiger partial charge in [0.15, 0.2) is 0 Å². The minimum Gasteiger partial charge on any atom is -0.373 e. The maximum absolute atomic E-state index is 4.27. The van der Waals surface area contributed by atoms with Gasteiger partial charge in [-0.3, -0.25) is 4.98 Å². The van der Waals surface area contributed by atoms with Gasteiger partial charge in [-0.1, -0.05) is 20.8 Å². The Morgan fingerprint density at radius 2 is 2.22 bits per heavy atom. The highest BCUT2D eigenvalue weighted by atomic mass is 15.1. The molecule has 2 atom stereocenters. The van der Waals surface area contributed by atoms with Crippen LogP contribution in [0.2, 0.25) is 0 Å². The Morgan fingerprint density at radius 3 is 2.83 bits per heavy atom. The van der Waals surface area contributed by atoms with Gasteiger partial charge >= 0.3 is 0 Å². The average Bonchev–Trinajstić information content (AvgIpc) is 3.02. The summed E-state index contributed by atoms with van der Waals surface area (Å²) in [6.45, 7) is 8.76. The molecule has 2 rings (SSSR count). The van der Waals surface area contributed by atoms with E-state index < -0.39 is 0 Å². The molecule has 3 heteroatoms. The summed E-state index contributed by atoms with van der Waals surface area (Å²) in [4.78, 5) is 6.63. The van der Waals surface area contributed by atoms with Crippen molar-refractivity contribution in [2.75, 3.05) is 18.5 Å². The molecule has 18 heavy (non-hydrogen) atoms. The summed E-state index contributed by atoms with van der Waals surface area (Å²) in [5, 5.41) is 3.48. The van der Waals surface area contributed by atoms with Crippen LogP contribution in [0.4, 0.5) is 5.69 Å². The molecular formula is C15H25N3. The average molecular weight is 247 g/mol. The summed E-state index contributed by atoms with van der Waals surface area (Å²) in [5.41, 5.74) is 2.61. The van der Waals surface area contributed by atoms with Crippen molar-refractivity contribution in [2.24, 2.45) is 11.8 Å². The van der Waals surface area contributed by atoms with Crippen molar-refractivity contribution in [2.45, 2.75) is 39.8 Å². The van der Waals surface area contributed by atoms with Crippen LogP contribution in [-0.4, -0.2) is 24.6 Å². The summed E-state index contributed by atoms with van der Waals surface area (Å²) in [5.74, 6) is 1.78. The molecule has 1 aromatic heterocycles. The minimum absolute atomic E-state index is 0.514. The van der Waals surface area contributed by atoms with Crippen LogP contribution in [0.5, 0.6) is 0 Å². The molecular weight excluding hydrogens is 222 g/mol. The van der Waals surface area contributed by atoms with E-state index in [0.717, 1.165) is 24.9 Å². The van der Waals surface area contributed by atoms with Crippen LogP contribution in [0.25, 0.3) is 0 Å². The highest BCUT2D eigenvalue weighted by molar-refractivity contribution is 5.51. The normalized spacial score (nSPS) is 22.3. The number of pyridine rings is 1. The van der Waals surface area contributed by atoms with E-state index in [-0.39, 0.29) is 0 Å². The summed E-state index contributed by atoms with van der Waals surface area (Å²) in [6, 6.07) is 2.64. The standard InChI is InChI=1S/C15H25N3/c1-11(2)17-8-13-5-6-16-9-15(13)18(4)10-14-7-12(14)3/h5-6,9,11-12,14,17H,7-8,10H2,1-4H3. The third kappa shape index (κ3) is 3.45. The Labute approximate surface area is 111 Å². The number of anilines is 1. The van der Waals surface area contributed by atoms with E-state index in [1.165, 1.54) is 17.7 Å². The first-order chi connectivity index (χ1) is 8.58. The van der Waals surface area contributed by atoms with Crippen molar-refractivity contribution in [3.05, 3.63) is 24.0 Å². The zero-order chi connectivity index (χ0) is 13.1. The second-order valence-corrected chi connectivity index (χ2v) is 5.89. The van der Waals surface area contributed by atoms with Gasteiger partial charge in [0, 0.05) is 32.4 Å². The van der Waals surface area contributed by atoms with Crippen molar-refractivity contribution in [1.82, 2.24) is 10.3 Å². The van der Waals surface area contributed by atoms with Gasteiger partial charge in [-0.2, -0.15) is 0 Å². The molecule has 1 aliphatic rings. The van der Waals surface area contributed by atoms with E-state index in [9.17, 15) is 0 Å². The van der Waals surface area contributed by atoms with E-state index in [1.807, 2.05) is 12.4 Å². The molecule has 0 aromatic carbocycles. The molecule has 2 unspecified atom stereocenters. The lowest BCUT2D eigenvalue weighted by Gasteiger charge is -2.22. The van der Waals surface area contributed by atoms with Crippen molar-refractivity contribution in [1.29, 1.82) is 0 Å². The number of aromatic nitrogens is 1. The number of nitrogens with one attached hydrogen (secondary N) is 1. The van der Waals surface area contributed by atoms with Gasteiger partial charge in [-0.05, 0) is 29.9 Å². The zero-order valence-electron chi connectivity index (χ0n) is 12.0. The minimum atomic E-state index is 0.514. The van der Waals surface area contributed by atoms with Gasteiger partial charge in [0.05, 0.1) is 11.9 Å². The fourth-order valence-corrected chi connectivity index (χ4v) is 2.33. The third-order valence-corrected chi connectivity index (χ3v) is 3.78. The molecule has 0 amide bonds. The summed E-state index contributed by atoms with van der Waals surface area (Å²) < 4.78 is 0. The van der Waals surface area contributed by atoms with Crippen molar-refractivity contribution < 1.29 is 0 Å². The summed E-state index contributed by atoms with van der Waals surface area (Å²) in [6.07, 6.45) is 5.25. The predicted molar refractivity (Wildman–Crippen MR) is 76.8 cm³/mol. The Balaban J connectivity index is 2.01. The maximum Gasteiger partial charge on any atom is 0.0595 e. The molecule has 0 aliphatic heterocycles. The first kappa shape index (κ1) is 13.3. The van der Waals surface area contributed by atoms with E-state index in [1.54, 1.807) is 0 Å². The zero-order valence-corrected chi connectivity index (χ0v) is 12.0. The fourth-order valence-electron chi connectivity index (χ4n) is 2.33. The van der Waals surface area contributed by atoms with Crippen molar-refractivity contribution >= 4 is 5.69 Å². The number of nitrogens with zero attached hydrogens (tertiary/aromatic N) is 2. The largest absolute Gasteiger partial charge is 0.373 e. The van der Waals surface area contributed by atoms with Crippen LogP contribution in [0.1, 0.15) is 32.8 Å². The van der Waals surface area contributed by atoms with Crippen LogP contribution in [0, 0.1) is 11.8 Å². The molecule has 0 radical (unpaired) electrons. The van der Waals surface area contributed by atoms with Crippen LogP contribution < -0.4 is 10.2 Å². The molecule has 100 valence electrons. The third-order valence-electron chi connectivity index (χ3n) is 3.78. The second kappa shape index (κ2) is 5.70. The molecule has 3 nitrogen and oxygen atoms in total. The maximum atomic E-state index is 4.27. The molecule has 1 saturated carbocycles. The Kier molecular flexibility index (Phi) is 4.23. The highest BCUT2D eigenvalue weighted by Gasteiger charge is 2.33. The molecule has 1 N–H and O–H groups in total. The first-order valence-electron chi connectivity index (χ1n) is 6.95. The van der Waals surface area contributed by atoms with Gasteiger partial charge in [0.1, 0.15) is 0 Å². The van der Waals surface area contributed by atoms with Crippen LogP contribution >= 0.6 is 0 Å². The molecule has 1 aliphatic carbocycles. The molecule has 0 saturated heterocycles. The number of hydrogen-bond acceptors (Lipinski definition) is 3. The van der Waals surface area contributed by atoms with Crippen molar-refractivity contribution in [3.8, 4) is 0 Å². The SMILES string of the molecule is CC(C)NCc1ccncc1N(C)CC1CC1C. The Hall–Kier alpha value is -1.09. The van der Waals surface area contributed by atoms with Gasteiger partial charge in [-0.15, -0.1) is 0 Å². The second-order valence-electron chi connectivity index (χ2n) is 5.89. The first-order valence-corrected chi connectivity index (χ1v) is 6.95. The van der Waals surface area contributed by atoms with E-state index in [0.29, 0.717) is 6.04 Å². The smallest absolute Gasteiger partial charge is 0.0595 e. The Bertz CT molecular complexity index is 389. The molecule has 1 fully saturated rings. The summed E-state index contributed by atoms with van der Waals surface area (Å²) in [7, 11) is 2.18. The number of rotatable bonds is 6. The molecule has 1 heterocycles. The molecule has 0 bridgehead atoms. The van der Waals surface area contributed by atoms with E-state index >= 15 is 0 Å². The van der Waals surface area contributed by atoms with Gasteiger partial charge in [0.25, 0.3) is 0 Å². The summed E-state index contributed by atoms with van der Waals surface area (Å²) >= 11 is 0. The van der Waals surface area contributed by atoms with Gasteiger partial charge in [0.2, 0.25) is 0 Å². The number of hydrogen-bond donors (Lipinski definition) is 1. The predicted octanol–water partition coefficient (Wildman–Crippen LogP) is 2.67. The Morgan fingerprint density at radius 1 is 1.50 bits per heavy atom. The molecule has 1 aromatic rings. The van der Waals surface area contributed by atoms with Gasteiger partial charge in [-0.25, -0.2) is 0 Å². The van der Waals surface area contributed by atoms with Crippen molar-refractivity contribution in [3.63, 3.8) is 0 Å². The fraction of sp³-hybridized carbons (Fsp3) is 0.667. The topological polar surface area (TPSA) is 28.2 Å². The van der Waals surface area contributed by atoms with Gasteiger partial charge < -0.3 is 10.2 Å². The van der Waals surface area contributed by atoms with Crippen LogP contribution in [-0.2, 0) is 6.54 Å². The monoisotopic (exact) mass is 247 g/mol. The van der Waals surface area contributed by atoms with Crippen LogP contribution in [0.3, 0.4) is 0 Å². The van der Waals surface area contributed by atoms with E-state index in [4.69, 9.17) is 0 Å². The molecule has 0 spiro atoms. The lowest BCUT2D eigenvalue weighted by atomic mass is 10.2. The van der Waals surface area contributed by atoms with E-state index in [2.05, 4.69) is 49.1 Å². The lowest BCUT2D eigenvalue weighted by molar-refractivity contribution is 0.587. The quantitative estimate of drug-likeness (QED) is 0.837. The van der Waals surface area contributed by atoms with Crippen LogP contribution in [0.15, 0.2) is 18.5 Å². The highest BCUT2D eigenvalue weighted by Crippen LogP contribution is 2.38.